The van der Waals surface area contributed by atoms with E-state index in [1.807, 2.05) is 12.3 Å². The van der Waals surface area contributed by atoms with Gasteiger partial charge in [-0.05, 0) is 31.5 Å². The van der Waals surface area contributed by atoms with Gasteiger partial charge in [-0.15, -0.1) is 11.3 Å². The molecule has 0 aliphatic heterocycles. The summed E-state index contributed by atoms with van der Waals surface area (Å²) in [5, 5.41) is 5.17. The van der Waals surface area contributed by atoms with Crippen LogP contribution in [0.1, 0.15) is 17.0 Å². The number of carbonyl (C=O) groups excluding carboxylic acids is 1. The summed E-state index contributed by atoms with van der Waals surface area (Å²) in [5.74, 6) is -0.262. The summed E-state index contributed by atoms with van der Waals surface area (Å²) in [6.45, 7) is 3.55. The van der Waals surface area contributed by atoms with Gasteiger partial charge in [0.15, 0.2) is 4.96 Å². The maximum absolute atomic E-state index is 12.6. The van der Waals surface area contributed by atoms with Gasteiger partial charge in [0.1, 0.15) is 5.69 Å². The summed E-state index contributed by atoms with van der Waals surface area (Å²) in [5.41, 5.74) is 2.11. The molecule has 3 aromatic rings. The van der Waals surface area contributed by atoms with Crippen LogP contribution in [-0.4, -0.2) is 15.3 Å². The van der Waals surface area contributed by atoms with Crippen LogP contribution in [0.25, 0.3) is 4.96 Å². The first-order valence-electron chi connectivity index (χ1n) is 6.97. The number of rotatable bonds is 3. The van der Waals surface area contributed by atoms with E-state index in [0.29, 0.717) is 15.7 Å². The first-order valence-corrected chi connectivity index (χ1v) is 8.23. The zero-order valence-electron chi connectivity index (χ0n) is 12.6. The zero-order chi connectivity index (χ0) is 16.6. The molecule has 1 amide bonds. The molecule has 0 atom stereocenters. The van der Waals surface area contributed by atoms with Crippen LogP contribution in [-0.2, 0) is 11.2 Å². The van der Waals surface area contributed by atoms with Crippen molar-refractivity contribution in [2.45, 2.75) is 20.3 Å². The predicted octanol–water partition coefficient (Wildman–Crippen LogP) is 3.21. The quantitative estimate of drug-likeness (QED) is 0.791. The second kappa shape index (κ2) is 6.14. The second-order valence-electron chi connectivity index (χ2n) is 5.22. The van der Waals surface area contributed by atoms with E-state index in [2.05, 4.69) is 10.3 Å². The van der Waals surface area contributed by atoms with Crippen molar-refractivity contribution in [3.8, 4) is 0 Å². The number of nitrogens with zero attached hydrogens (tertiary/aromatic N) is 2. The van der Waals surface area contributed by atoms with E-state index >= 15 is 0 Å². The number of hydrogen-bond acceptors (Lipinski definition) is 4. The number of anilines is 1. The molecule has 23 heavy (non-hydrogen) atoms. The van der Waals surface area contributed by atoms with Gasteiger partial charge in [-0.3, -0.25) is 14.0 Å². The Morgan fingerprint density at radius 3 is 2.70 bits per heavy atom. The van der Waals surface area contributed by atoms with E-state index in [1.54, 1.807) is 31.2 Å². The van der Waals surface area contributed by atoms with Crippen molar-refractivity contribution < 1.29 is 4.79 Å². The molecule has 0 aliphatic rings. The number of carbonyl (C=O) groups is 1. The molecule has 0 spiro atoms. The van der Waals surface area contributed by atoms with Crippen LogP contribution in [0.2, 0.25) is 5.02 Å². The second-order valence-corrected chi connectivity index (χ2v) is 6.50. The largest absolute Gasteiger partial charge is 0.320 e. The normalized spacial score (nSPS) is 10.9. The number of benzene rings is 1. The van der Waals surface area contributed by atoms with Crippen LogP contribution < -0.4 is 10.9 Å². The minimum Gasteiger partial charge on any atom is -0.320 e. The van der Waals surface area contributed by atoms with Gasteiger partial charge >= 0.3 is 0 Å². The Morgan fingerprint density at radius 2 is 2.00 bits per heavy atom. The van der Waals surface area contributed by atoms with Crippen LogP contribution >= 0.6 is 22.9 Å². The predicted molar refractivity (Wildman–Crippen MR) is 92.6 cm³/mol. The van der Waals surface area contributed by atoms with Gasteiger partial charge in [-0.2, -0.15) is 0 Å². The highest BCUT2D eigenvalue weighted by Crippen LogP contribution is 2.16. The van der Waals surface area contributed by atoms with E-state index in [0.717, 1.165) is 11.3 Å². The van der Waals surface area contributed by atoms with Gasteiger partial charge in [0.2, 0.25) is 5.91 Å². The summed E-state index contributed by atoms with van der Waals surface area (Å²) in [6.07, 6.45) is 0.168. The maximum atomic E-state index is 12.6. The minimum atomic E-state index is -0.262. The Kier molecular flexibility index (Phi) is 4.19. The molecule has 5 nitrogen and oxygen atoms in total. The molecule has 1 aromatic carbocycles. The van der Waals surface area contributed by atoms with Crippen molar-refractivity contribution in [1.29, 1.82) is 0 Å². The van der Waals surface area contributed by atoms with Gasteiger partial charge in [0, 0.05) is 16.1 Å². The first kappa shape index (κ1) is 15.7. The van der Waals surface area contributed by atoms with Crippen molar-refractivity contribution in [3.05, 3.63) is 62.0 Å². The number of amides is 1. The third-order valence-corrected chi connectivity index (χ3v) is 4.66. The Morgan fingerprint density at radius 1 is 1.30 bits per heavy atom. The van der Waals surface area contributed by atoms with E-state index < -0.39 is 0 Å². The molecule has 0 unspecified atom stereocenters. The van der Waals surface area contributed by atoms with E-state index in [1.165, 1.54) is 15.7 Å². The lowest BCUT2D eigenvalue weighted by Gasteiger charge is -2.08. The molecule has 0 aliphatic carbocycles. The molecule has 3 rings (SSSR count). The SMILES string of the molecule is Cc1nc2scc(C)n2c(=O)c1NC(=O)Cc1ccc(Cl)cc1. The van der Waals surface area contributed by atoms with Crippen molar-refractivity contribution in [2.75, 3.05) is 5.32 Å². The van der Waals surface area contributed by atoms with Gasteiger partial charge in [-0.25, -0.2) is 4.98 Å². The fourth-order valence-corrected chi connectivity index (χ4v) is 3.33. The van der Waals surface area contributed by atoms with Crippen LogP contribution in [0.4, 0.5) is 5.69 Å². The summed E-state index contributed by atoms with van der Waals surface area (Å²) < 4.78 is 1.51. The van der Waals surface area contributed by atoms with Crippen molar-refractivity contribution in [1.82, 2.24) is 9.38 Å². The smallest absolute Gasteiger partial charge is 0.282 e. The molecule has 0 radical (unpaired) electrons. The molecule has 7 heteroatoms. The topological polar surface area (TPSA) is 63.5 Å². The molecular weight excluding hydrogens is 334 g/mol. The lowest BCUT2D eigenvalue weighted by Crippen LogP contribution is -2.25. The van der Waals surface area contributed by atoms with Crippen molar-refractivity contribution >= 4 is 39.5 Å². The number of nitrogens with one attached hydrogen (secondary N) is 1. The molecule has 118 valence electrons. The van der Waals surface area contributed by atoms with Crippen LogP contribution in [0.15, 0.2) is 34.4 Å². The van der Waals surface area contributed by atoms with Gasteiger partial charge < -0.3 is 5.32 Å². The Hall–Kier alpha value is -2.18. The third kappa shape index (κ3) is 3.13. The highest BCUT2D eigenvalue weighted by Gasteiger charge is 2.15. The molecule has 0 fully saturated rings. The van der Waals surface area contributed by atoms with Crippen LogP contribution in [0.5, 0.6) is 0 Å². The summed E-state index contributed by atoms with van der Waals surface area (Å²) >= 11 is 7.23. The Balaban J connectivity index is 1.88. The Labute approximate surface area is 141 Å². The van der Waals surface area contributed by atoms with E-state index in [-0.39, 0.29) is 23.6 Å². The lowest BCUT2D eigenvalue weighted by molar-refractivity contribution is -0.115. The van der Waals surface area contributed by atoms with Gasteiger partial charge in [0.05, 0.1) is 12.1 Å². The first-order chi connectivity index (χ1) is 11.0. The van der Waals surface area contributed by atoms with E-state index in [4.69, 9.17) is 11.6 Å². The number of thiazole rings is 1. The van der Waals surface area contributed by atoms with Gasteiger partial charge in [0.25, 0.3) is 5.56 Å². The minimum absolute atomic E-state index is 0.168. The molecule has 2 aromatic heterocycles. The highest BCUT2D eigenvalue weighted by molar-refractivity contribution is 7.15. The number of fused-ring (bicyclic) bond motifs is 1. The average molecular weight is 348 g/mol. The number of hydrogen-bond donors (Lipinski definition) is 1. The van der Waals surface area contributed by atoms with Crippen LogP contribution in [0, 0.1) is 13.8 Å². The number of aryl methyl sites for hydroxylation is 2. The summed E-state index contributed by atoms with van der Waals surface area (Å²) in [7, 11) is 0. The zero-order valence-corrected chi connectivity index (χ0v) is 14.2. The molecular formula is C16H14ClN3O2S. The Bertz CT molecular complexity index is 944. The molecule has 0 saturated heterocycles. The lowest BCUT2D eigenvalue weighted by atomic mass is 10.1. The fourth-order valence-electron chi connectivity index (χ4n) is 2.30. The standard InChI is InChI=1S/C16H14ClN3O2S/c1-9-8-23-16-18-10(2)14(15(22)20(9)16)19-13(21)7-11-3-5-12(17)6-4-11/h3-6,8H,7H2,1-2H3,(H,19,21). The highest BCUT2D eigenvalue weighted by atomic mass is 35.5. The summed E-state index contributed by atoms with van der Waals surface area (Å²) in [6, 6.07) is 7.03. The molecule has 0 bridgehead atoms. The summed E-state index contributed by atoms with van der Waals surface area (Å²) in [4.78, 5) is 29.8. The van der Waals surface area contributed by atoms with E-state index in [9.17, 15) is 9.59 Å². The van der Waals surface area contributed by atoms with Crippen LogP contribution in [0.3, 0.4) is 0 Å². The molecule has 2 heterocycles. The number of halogens is 1. The average Bonchev–Trinajstić information content (AvgIpc) is 2.87. The maximum Gasteiger partial charge on any atom is 0.282 e. The third-order valence-electron chi connectivity index (χ3n) is 3.46. The molecule has 1 N–H and O–H groups in total. The number of aromatic nitrogens is 2. The fraction of sp³-hybridized carbons (Fsp3) is 0.188. The van der Waals surface area contributed by atoms with Crippen molar-refractivity contribution in [3.63, 3.8) is 0 Å². The monoisotopic (exact) mass is 347 g/mol. The molecule has 0 saturated carbocycles. The van der Waals surface area contributed by atoms with Crippen molar-refractivity contribution in [2.24, 2.45) is 0 Å². The van der Waals surface area contributed by atoms with Gasteiger partial charge in [-0.1, -0.05) is 23.7 Å².